The summed E-state index contributed by atoms with van der Waals surface area (Å²) in [6.07, 6.45) is 4.36. The topological polar surface area (TPSA) is 82.9 Å². The lowest BCUT2D eigenvalue weighted by Crippen LogP contribution is -2.45. The van der Waals surface area contributed by atoms with Crippen molar-refractivity contribution in [3.63, 3.8) is 0 Å². The standard InChI is InChI=1S/C28H31F3N2O4S/c1-37-20-4-5-24-22(15-20)21(18(17-34)16-32-24)3-2-6-28(27(35)36)7-9-33(10-8-28)11-12-38-25-14-19(29)13-23(30)26(25)31/h4-5,13-16,34H,2-3,6-12,17H2,1H3,(H,35,36). The quantitative estimate of drug-likeness (QED) is 0.244. The Hall–Kier alpha value is -2.82. The molecule has 1 saturated heterocycles. The highest BCUT2D eigenvalue weighted by Crippen LogP contribution is 2.38. The number of thioether (sulfide) groups is 1. The number of likely N-dealkylation sites (tertiary alicyclic amines) is 1. The van der Waals surface area contributed by atoms with E-state index in [0.717, 1.165) is 39.9 Å². The lowest BCUT2D eigenvalue weighted by atomic mass is 9.74. The van der Waals surface area contributed by atoms with Gasteiger partial charge in [0.05, 0.1) is 24.6 Å². The van der Waals surface area contributed by atoms with Crippen molar-refractivity contribution < 1.29 is 32.9 Å². The van der Waals surface area contributed by atoms with Crippen LogP contribution < -0.4 is 4.74 Å². The van der Waals surface area contributed by atoms with Crippen LogP contribution in [-0.4, -0.2) is 58.6 Å². The van der Waals surface area contributed by atoms with Gasteiger partial charge >= 0.3 is 5.97 Å². The molecule has 1 aromatic heterocycles. The molecule has 10 heteroatoms. The summed E-state index contributed by atoms with van der Waals surface area (Å²) in [5.41, 5.74) is 1.61. The highest BCUT2D eigenvalue weighted by Gasteiger charge is 2.40. The van der Waals surface area contributed by atoms with Crippen LogP contribution >= 0.6 is 11.8 Å². The second-order valence-corrected chi connectivity index (χ2v) is 10.8. The SMILES string of the molecule is COc1ccc2ncc(CO)c(CCCC3(C(=O)O)CCN(CCSc4cc(F)cc(F)c4F)CC3)c2c1. The number of rotatable bonds is 11. The number of carboxylic acids is 1. The number of piperidine rings is 1. The molecule has 0 bridgehead atoms. The molecule has 0 unspecified atom stereocenters. The number of methoxy groups -OCH3 is 1. The number of halogens is 3. The minimum absolute atomic E-state index is 0.0668. The van der Waals surface area contributed by atoms with E-state index in [4.69, 9.17) is 4.74 Å². The number of hydrogen-bond acceptors (Lipinski definition) is 6. The average Bonchev–Trinajstić information content (AvgIpc) is 2.91. The molecule has 2 heterocycles. The Balaban J connectivity index is 1.35. The van der Waals surface area contributed by atoms with Gasteiger partial charge in [0.25, 0.3) is 0 Å². The number of benzene rings is 2. The lowest BCUT2D eigenvalue weighted by Gasteiger charge is -2.39. The fraction of sp³-hybridized carbons (Fsp3) is 0.429. The molecule has 204 valence electrons. The van der Waals surface area contributed by atoms with E-state index in [1.807, 2.05) is 18.2 Å². The summed E-state index contributed by atoms with van der Waals surface area (Å²) in [6.45, 7) is 1.55. The summed E-state index contributed by atoms with van der Waals surface area (Å²) in [4.78, 5) is 18.8. The predicted octanol–water partition coefficient (Wildman–Crippen LogP) is 5.43. The van der Waals surface area contributed by atoms with Gasteiger partial charge in [0.1, 0.15) is 11.6 Å². The summed E-state index contributed by atoms with van der Waals surface area (Å²) in [5, 5.41) is 20.9. The van der Waals surface area contributed by atoms with Crippen molar-refractivity contribution in [3.05, 3.63) is 65.1 Å². The summed E-state index contributed by atoms with van der Waals surface area (Å²) >= 11 is 1.05. The maximum absolute atomic E-state index is 13.9. The molecule has 4 rings (SSSR count). The molecule has 0 aliphatic carbocycles. The molecule has 0 atom stereocenters. The van der Waals surface area contributed by atoms with Gasteiger partial charge in [-0.3, -0.25) is 9.78 Å². The Morgan fingerprint density at radius 1 is 1.18 bits per heavy atom. The number of hydrogen-bond donors (Lipinski definition) is 2. The van der Waals surface area contributed by atoms with Gasteiger partial charge in [0, 0.05) is 34.8 Å². The minimum Gasteiger partial charge on any atom is -0.497 e. The third-order valence-electron chi connectivity index (χ3n) is 7.42. The largest absolute Gasteiger partial charge is 0.497 e. The van der Waals surface area contributed by atoms with Crippen LogP contribution in [0.1, 0.15) is 36.8 Å². The first-order valence-corrected chi connectivity index (χ1v) is 13.5. The highest BCUT2D eigenvalue weighted by molar-refractivity contribution is 7.99. The minimum atomic E-state index is -1.21. The van der Waals surface area contributed by atoms with Crippen LogP contribution in [0.2, 0.25) is 0 Å². The molecular weight excluding hydrogens is 517 g/mol. The number of aromatic nitrogens is 1. The van der Waals surface area contributed by atoms with Gasteiger partial charge in [0.2, 0.25) is 0 Å². The molecule has 1 aliphatic rings. The van der Waals surface area contributed by atoms with E-state index in [-0.39, 0.29) is 11.5 Å². The maximum atomic E-state index is 13.9. The Morgan fingerprint density at radius 2 is 1.95 bits per heavy atom. The molecule has 38 heavy (non-hydrogen) atoms. The Morgan fingerprint density at radius 3 is 2.63 bits per heavy atom. The van der Waals surface area contributed by atoms with E-state index in [0.29, 0.717) is 69.3 Å². The zero-order valence-electron chi connectivity index (χ0n) is 21.2. The maximum Gasteiger partial charge on any atom is 0.309 e. The van der Waals surface area contributed by atoms with Gasteiger partial charge in [-0.1, -0.05) is 0 Å². The number of ether oxygens (including phenoxy) is 1. The number of aliphatic hydroxyl groups is 1. The number of nitrogens with zero attached hydrogens (tertiary/aromatic N) is 2. The number of aliphatic carboxylic acids is 1. The van der Waals surface area contributed by atoms with Crippen molar-refractivity contribution in [1.82, 2.24) is 9.88 Å². The van der Waals surface area contributed by atoms with E-state index >= 15 is 0 Å². The van der Waals surface area contributed by atoms with Crippen LogP contribution in [0.15, 0.2) is 41.4 Å². The number of fused-ring (bicyclic) bond motifs is 1. The zero-order chi connectivity index (χ0) is 27.3. The number of aliphatic hydroxyl groups excluding tert-OH is 1. The van der Waals surface area contributed by atoms with Crippen LogP contribution in [-0.2, 0) is 17.8 Å². The number of carbonyl (C=O) groups is 1. The van der Waals surface area contributed by atoms with Crippen molar-refractivity contribution >= 4 is 28.6 Å². The Kier molecular flexibility index (Phi) is 9.17. The van der Waals surface area contributed by atoms with Crippen LogP contribution in [0, 0.1) is 22.9 Å². The molecule has 1 aliphatic heterocycles. The molecule has 6 nitrogen and oxygen atoms in total. The number of aryl methyl sites for hydroxylation is 1. The molecule has 0 amide bonds. The summed E-state index contributed by atoms with van der Waals surface area (Å²) < 4.78 is 46.1. The van der Waals surface area contributed by atoms with Crippen molar-refractivity contribution in [2.45, 2.75) is 43.6 Å². The summed E-state index contributed by atoms with van der Waals surface area (Å²) in [6, 6.07) is 7.10. The van der Waals surface area contributed by atoms with Gasteiger partial charge < -0.3 is 19.8 Å². The third kappa shape index (κ3) is 6.24. The van der Waals surface area contributed by atoms with Crippen molar-refractivity contribution in [1.29, 1.82) is 0 Å². The van der Waals surface area contributed by atoms with Gasteiger partial charge in [-0.05, 0) is 80.6 Å². The second-order valence-electron chi connectivity index (χ2n) is 9.63. The average molecular weight is 549 g/mol. The first kappa shape index (κ1) is 28.2. The molecular formula is C28H31F3N2O4S. The van der Waals surface area contributed by atoms with E-state index in [9.17, 15) is 28.2 Å². The summed E-state index contributed by atoms with van der Waals surface area (Å²) in [5.74, 6) is -2.77. The van der Waals surface area contributed by atoms with Gasteiger partial charge in [-0.25, -0.2) is 13.2 Å². The van der Waals surface area contributed by atoms with Crippen LogP contribution in [0.3, 0.4) is 0 Å². The van der Waals surface area contributed by atoms with Gasteiger partial charge in [-0.15, -0.1) is 11.8 Å². The fourth-order valence-electron chi connectivity index (χ4n) is 5.13. The van der Waals surface area contributed by atoms with Crippen molar-refractivity contribution in [2.75, 3.05) is 32.5 Å². The molecule has 0 radical (unpaired) electrons. The van der Waals surface area contributed by atoms with E-state index in [1.54, 1.807) is 13.3 Å². The molecule has 0 spiro atoms. The smallest absolute Gasteiger partial charge is 0.309 e. The van der Waals surface area contributed by atoms with E-state index in [1.165, 1.54) is 0 Å². The summed E-state index contributed by atoms with van der Waals surface area (Å²) in [7, 11) is 1.59. The first-order chi connectivity index (χ1) is 18.3. The predicted molar refractivity (Wildman–Crippen MR) is 140 cm³/mol. The zero-order valence-corrected chi connectivity index (χ0v) is 22.0. The first-order valence-electron chi connectivity index (χ1n) is 12.5. The van der Waals surface area contributed by atoms with Gasteiger partial charge in [-0.2, -0.15) is 0 Å². The van der Waals surface area contributed by atoms with Crippen LogP contribution in [0.4, 0.5) is 13.2 Å². The van der Waals surface area contributed by atoms with Crippen LogP contribution in [0.25, 0.3) is 10.9 Å². The molecule has 2 aromatic carbocycles. The van der Waals surface area contributed by atoms with Crippen molar-refractivity contribution in [3.8, 4) is 5.75 Å². The fourth-order valence-corrected chi connectivity index (χ4v) is 6.12. The lowest BCUT2D eigenvalue weighted by molar-refractivity contribution is -0.152. The second kappa shape index (κ2) is 12.4. The molecule has 3 aromatic rings. The van der Waals surface area contributed by atoms with Gasteiger partial charge in [0.15, 0.2) is 11.6 Å². The number of carboxylic acid groups (broad SMARTS) is 1. The molecule has 0 saturated carbocycles. The molecule has 2 N–H and O–H groups in total. The Bertz CT molecular complexity index is 1290. The third-order valence-corrected chi connectivity index (χ3v) is 8.41. The monoisotopic (exact) mass is 548 g/mol. The Labute approximate surface area is 223 Å². The van der Waals surface area contributed by atoms with E-state index < -0.39 is 28.8 Å². The van der Waals surface area contributed by atoms with Crippen LogP contribution in [0.5, 0.6) is 5.75 Å². The normalized spacial score (nSPS) is 15.6. The molecule has 1 fully saturated rings. The van der Waals surface area contributed by atoms with Crippen molar-refractivity contribution in [2.24, 2.45) is 5.41 Å². The number of pyridine rings is 1. The van der Waals surface area contributed by atoms with E-state index in [2.05, 4.69) is 9.88 Å². The highest BCUT2D eigenvalue weighted by atomic mass is 32.2.